The molecular weight excluding hydrogens is 388 g/mol. The maximum atomic E-state index is 5.49. The molecule has 0 spiro atoms. The fraction of sp³-hybridized carbons (Fsp3) is 0.667. The monoisotopic (exact) mass is 412 g/mol. The molecule has 6 nitrogen and oxygen atoms in total. The van der Waals surface area contributed by atoms with Crippen molar-refractivity contribution in [3.05, 3.63) is 33.4 Å². The zero-order valence-electron chi connectivity index (χ0n) is 14.8. The molecule has 0 amide bonds. The molecular formula is C18H25BrN2O4. The van der Waals surface area contributed by atoms with Crippen LogP contribution < -0.4 is 0 Å². The number of aromatic nitrogens is 2. The summed E-state index contributed by atoms with van der Waals surface area (Å²) in [6.07, 6.45) is 5.30. The Bertz CT molecular complexity index is 662. The van der Waals surface area contributed by atoms with E-state index in [2.05, 4.69) is 26.2 Å². The quantitative estimate of drug-likeness (QED) is 0.631. The van der Waals surface area contributed by atoms with E-state index in [0.717, 1.165) is 52.4 Å². The summed E-state index contributed by atoms with van der Waals surface area (Å²) in [5.41, 5.74) is 1.76. The van der Waals surface area contributed by atoms with Gasteiger partial charge in [0.1, 0.15) is 22.9 Å². The highest BCUT2D eigenvalue weighted by Gasteiger charge is 2.22. The maximum absolute atomic E-state index is 5.49. The fourth-order valence-electron chi connectivity index (χ4n) is 2.20. The molecule has 0 saturated heterocycles. The Morgan fingerprint density at radius 2 is 1.64 bits per heavy atom. The molecule has 0 N–H and O–H groups in total. The van der Waals surface area contributed by atoms with Gasteiger partial charge in [-0.25, -0.2) is 0 Å². The van der Waals surface area contributed by atoms with Crippen molar-refractivity contribution in [1.29, 1.82) is 0 Å². The Morgan fingerprint density at radius 3 is 2.12 bits per heavy atom. The zero-order valence-corrected chi connectivity index (χ0v) is 16.4. The first-order valence-corrected chi connectivity index (χ1v) is 9.59. The topological polar surface area (TPSA) is 70.5 Å². The van der Waals surface area contributed by atoms with Gasteiger partial charge in [-0.3, -0.25) is 0 Å². The van der Waals surface area contributed by atoms with Crippen LogP contribution in [0.25, 0.3) is 0 Å². The van der Waals surface area contributed by atoms with E-state index in [9.17, 15) is 0 Å². The molecule has 4 rings (SSSR count). The first-order chi connectivity index (χ1) is 12.1. The first kappa shape index (κ1) is 18.6. The van der Waals surface area contributed by atoms with Crippen molar-refractivity contribution in [3.63, 3.8) is 0 Å². The van der Waals surface area contributed by atoms with Crippen molar-refractivity contribution in [2.75, 3.05) is 13.2 Å². The molecule has 138 valence electrons. The molecule has 2 aromatic heterocycles. The molecule has 2 fully saturated rings. The Balaban J connectivity index is 0.000000146. The van der Waals surface area contributed by atoms with Crippen LogP contribution in [-0.4, -0.2) is 23.5 Å². The van der Waals surface area contributed by atoms with Gasteiger partial charge in [0.2, 0.25) is 0 Å². The standard InChI is InChI=1S/C9H12BrNO2.C9H13NO2/c1-6-9(10)8(11-13-6)5-12-4-7-2-3-7;1-7-4-9(10-12-7)6-11-5-8-2-3-8/h7H,2-5H2,1H3;4,8H,2-3,5-6H2,1H3. The van der Waals surface area contributed by atoms with Crippen LogP contribution in [0.3, 0.4) is 0 Å². The molecule has 2 aliphatic rings. The number of hydrogen-bond acceptors (Lipinski definition) is 6. The molecule has 2 saturated carbocycles. The number of aryl methyl sites for hydroxylation is 2. The van der Waals surface area contributed by atoms with Gasteiger partial charge in [-0.2, -0.15) is 0 Å². The van der Waals surface area contributed by atoms with Crippen molar-refractivity contribution in [1.82, 2.24) is 10.3 Å². The molecule has 25 heavy (non-hydrogen) atoms. The van der Waals surface area contributed by atoms with E-state index in [1.54, 1.807) is 0 Å². The number of hydrogen-bond donors (Lipinski definition) is 0. The minimum absolute atomic E-state index is 0.550. The average Bonchev–Trinajstić information content (AvgIpc) is 3.51. The van der Waals surface area contributed by atoms with Crippen molar-refractivity contribution in [2.45, 2.75) is 52.7 Å². The third kappa shape index (κ3) is 6.56. The SMILES string of the molecule is Cc1cc(COCC2CC2)no1.Cc1onc(COCC2CC2)c1Br. The Labute approximate surface area is 156 Å². The van der Waals surface area contributed by atoms with E-state index in [0.29, 0.717) is 13.2 Å². The van der Waals surface area contributed by atoms with Gasteiger partial charge >= 0.3 is 0 Å². The summed E-state index contributed by atoms with van der Waals surface area (Å²) in [5.74, 6) is 3.27. The van der Waals surface area contributed by atoms with Crippen LogP contribution in [0.15, 0.2) is 19.6 Å². The highest BCUT2D eigenvalue weighted by Crippen LogP contribution is 2.30. The van der Waals surface area contributed by atoms with Crippen LogP contribution >= 0.6 is 15.9 Å². The minimum Gasteiger partial charge on any atom is -0.375 e. The lowest BCUT2D eigenvalue weighted by Crippen LogP contribution is -1.97. The number of nitrogens with zero attached hydrogens (tertiary/aromatic N) is 2. The summed E-state index contributed by atoms with van der Waals surface area (Å²) in [5, 5.41) is 7.72. The third-order valence-electron chi connectivity index (χ3n) is 4.12. The Hall–Kier alpha value is -1.18. The largest absolute Gasteiger partial charge is 0.375 e. The van der Waals surface area contributed by atoms with Crippen molar-refractivity contribution in [3.8, 4) is 0 Å². The second-order valence-corrected chi connectivity index (χ2v) is 7.64. The summed E-state index contributed by atoms with van der Waals surface area (Å²) < 4.78 is 21.8. The fourth-order valence-corrected chi connectivity index (χ4v) is 2.46. The highest BCUT2D eigenvalue weighted by atomic mass is 79.9. The van der Waals surface area contributed by atoms with E-state index in [-0.39, 0.29) is 0 Å². The van der Waals surface area contributed by atoms with Gasteiger partial charge in [-0.05, 0) is 67.3 Å². The predicted octanol–water partition coefficient (Wildman–Crippen LogP) is 4.58. The number of halogens is 1. The van der Waals surface area contributed by atoms with Crippen LogP contribution in [0.2, 0.25) is 0 Å². The van der Waals surface area contributed by atoms with Gasteiger partial charge in [-0.15, -0.1) is 0 Å². The average molecular weight is 413 g/mol. The summed E-state index contributed by atoms with van der Waals surface area (Å²) in [4.78, 5) is 0. The summed E-state index contributed by atoms with van der Waals surface area (Å²) in [6, 6.07) is 1.91. The molecule has 0 radical (unpaired) electrons. The van der Waals surface area contributed by atoms with E-state index in [1.165, 1.54) is 25.7 Å². The molecule has 7 heteroatoms. The minimum atomic E-state index is 0.550. The van der Waals surface area contributed by atoms with Gasteiger partial charge in [0, 0.05) is 19.3 Å². The van der Waals surface area contributed by atoms with Gasteiger partial charge in [-0.1, -0.05) is 10.3 Å². The molecule has 0 atom stereocenters. The second kappa shape index (κ2) is 8.96. The van der Waals surface area contributed by atoms with Crippen LogP contribution in [0, 0.1) is 25.7 Å². The van der Waals surface area contributed by atoms with Gasteiger partial charge in [0.25, 0.3) is 0 Å². The molecule has 0 unspecified atom stereocenters. The van der Waals surface area contributed by atoms with Crippen molar-refractivity contribution >= 4 is 15.9 Å². The first-order valence-electron chi connectivity index (χ1n) is 8.80. The second-order valence-electron chi connectivity index (χ2n) is 6.85. The van der Waals surface area contributed by atoms with Gasteiger partial charge in [0.15, 0.2) is 0 Å². The van der Waals surface area contributed by atoms with Crippen LogP contribution in [0.5, 0.6) is 0 Å². The highest BCUT2D eigenvalue weighted by molar-refractivity contribution is 9.10. The molecule has 0 aromatic carbocycles. The van der Waals surface area contributed by atoms with Crippen LogP contribution in [0.1, 0.15) is 48.6 Å². The predicted molar refractivity (Wildman–Crippen MR) is 94.9 cm³/mol. The van der Waals surface area contributed by atoms with E-state index in [1.807, 2.05) is 19.9 Å². The van der Waals surface area contributed by atoms with Gasteiger partial charge < -0.3 is 18.5 Å². The van der Waals surface area contributed by atoms with Crippen molar-refractivity contribution < 1.29 is 18.5 Å². The lowest BCUT2D eigenvalue weighted by Gasteiger charge is -1.98. The van der Waals surface area contributed by atoms with Crippen LogP contribution in [0.4, 0.5) is 0 Å². The van der Waals surface area contributed by atoms with Crippen LogP contribution in [-0.2, 0) is 22.7 Å². The summed E-state index contributed by atoms with van der Waals surface area (Å²) >= 11 is 3.40. The van der Waals surface area contributed by atoms with E-state index < -0.39 is 0 Å². The zero-order chi connectivity index (χ0) is 17.6. The summed E-state index contributed by atoms with van der Waals surface area (Å²) in [6.45, 7) is 6.64. The molecule has 0 aliphatic heterocycles. The summed E-state index contributed by atoms with van der Waals surface area (Å²) in [7, 11) is 0. The normalized spacial score (nSPS) is 16.6. The van der Waals surface area contributed by atoms with E-state index >= 15 is 0 Å². The molecule has 0 bridgehead atoms. The Morgan fingerprint density at radius 1 is 1.00 bits per heavy atom. The molecule has 2 heterocycles. The van der Waals surface area contributed by atoms with Gasteiger partial charge in [0.05, 0.1) is 17.7 Å². The maximum Gasteiger partial charge on any atom is 0.148 e. The smallest absolute Gasteiger partial charge is 0.148 e. The number of rotatable bonds is 8. The third-order valence-corrected chi connectivity index (χ3v) is 5.14. The molecule has 2 aromatic rings. The van der Waals surface area contributed by atoms with Crippen molar-refractivity contribution in [2.24, 2.45) is 11.8 Å². The molecule has 2 aliphatic carbocycles. The number of ether oxygens (including phenoxy) is 2. The lowest BCUT2D eigenvalue weighted by atomic mass is 10.4. The lowest BCUT2D eigenvalue weighted by molar-refractivity contribution is 0.106. The van der Waals surface area contributed by atoms with E-state index in [4.69, 9.17) is 18.5 Å². The Kier molecular flexibility index (Phi) is 6.67.